The molecule has 0 saturated heterocycles. The van der Waals surface area contributed by atoms with Crippen molar-refractivity contribution >= 4 is 16.8 Å². The number of halogens is 1. The smallest absolute Gasteiger partial charge is 0.103 e. The van der Waals surface area contributed by atoms with Crippen LogP contribution in [0.25, 0.3) is 0 Å². The van der Waals surface area contributed by atoms with Crippen LogP contribution in [-0.2, 0) is 0 Å². The second-order valence-corrected chi connectivity index (χ2v) is 2.43. The van der Waals surface area contributed by atoms with Gasteiger partial charge in [0.2, 0.25) is 0 Å². The van der Waals surface area contributed by atoms with Crippen LogP contribution in [0, 0.1) is 0 Å². The van der Waals surface area contributed by atoms with Gasteiger partial charge in [0.05, 0.1) is 0 Å². The van der Waals surface area contributed by atoms with Gasteiger partial charge < -0.3 is 5.73 Å². The van der Waals surface area contributed by atoms with Crippen LogP contribution in [0.2, 0.25) is 0 Å². The van der Waals surface area contributed by atoms with Crippen molar-refractivity contribution in [2.45, 2.75) is 13.8 Å². The summed E-state index contributed by atoms with van der Waals surface area (Å²) in [6.45, 7) is 3.52. The molecule has 0 aliphatic carbocycles. The number of aliphatic imine (C=N–C) groups is 1. The minimum Gasteiger partial charge on any atom is -0.402 e. The van der Waals surface area contributed by atoms with E-state index in [1.807, 2.05) is 6.92 Å². The number of allylic oxidation sites excluding steroid dienone is 3. The van der Waals surface area contributed by atoms with Crippen LogP contribution in [0.3, 0.4) is 0 Å². The largest absolute Gasteiger partial charge is 0.402 e. The third kappa shape index (κ3) is 7.24. The van der Waals surface area contributed by atoms with E-state index in [-0.39, 0.29) is 0 Å². The molecule has 0 saturated carbocycles. The monoisotopic (exact) mass is 158 g/mol. The van der Waals surface area contributed by atoms with Crippen LogP contribution in [0.15, 0.2) is 29.0 Å². The Morgan fingerprint density at radius 3 is 2.50 bits per heavy atom. The van der Waals surface area contributed by atoms with Crippen molar-refractivity contribution in [3.8, 4) is 0 Å². The molecule has 56 valence electrons. The molecule has 0 heterocycles. The molecule has 0 aliphatic rings. The van der Waals surface area contributed by atoms with Crippen molar-refractivity contribution in [2.24, 2.45) is 10.7 Å². The molecule has 0 amide bonds. The number of nitrogens with two attached hydrogens (primary N) is 1. The molecule has 0 unspecified atom stereocenters. The summed E-state index contributed by atoms with van der Waals surface area (Å²) in [5, 5.41) is 0.513. The van der Waals surface area contributed by atoms with Crippen LogP contribution < -0.4 is 5.73 Å². The summed E-state index contributed by atoms with van der Waals surface area (Å²) in [6.07, 6.45) is 5.09. The molecule has 0 fully saturated rings. The second kappa shape index (κ2) is 5.06. The van der Waals surface area contributed by atoms with E-state index in [0.717, 1.165) is 5.70 Å². The summed E-state index contributed by atoms with van der Waals surface area (Å²) in [6, 6.07) is 0. The summed E-state index contributed by atoms with van der Waals surface area (Å²) < 4.78 is 0. The van der Waals surface area contributed by atoms with Gasteiger partial charge in [0.1, 0.15) is 5.17 Å². The third-order valence-corrected chi connectivity index (χ3v) is 0.795. The standard InChI is InChI=1S/C7H11ClN2/c1-6(9)4-3-5-10-7(2)8/h3-5H,9H2,1-2H3/b5-3-,6-4+,10-7?. The van der Waals surface area contributed by atoms with Crippen LogP contribution in [0.1, 0.15) is 13.8 Å². The highest BCUT2D eigenvalue weighted by atomic mass is 35.5. The molecule has 0 aliphatic heterocycles. The lowest BCUT2D eigenvalue weighted by Gasteiger charge is -1.82. The fourth-order valence-corrected chi connectivity index (χ4v) is 0.397. The normalized spacial score (nSPS) is 14.7. The molecule has 0 aromatic carbocycles. The minimum atomic E-state index is 0.513. The zero-order valence-electron chi connectivity index (χ0n) is 6.13. The molecule has 0 radical (unpaired) electrons. The van der Waals surface area contributed by atoms with Crippen LogP contribution in [-0.4, -0.2) is 5.17 Å². The van der Waals surface area contributed by atoms with Crippen molar-refractivity contribution in [2.75, 3.05) is 0 Å². The van der Waals surface area contributed by atoms with Crippen LogP contribution >= 0.6 is 11.6 Å². The molecule has 2 nitrogen and oxygen atoms in total. The van der Waals surface area contributed by atoms with E-state index in [1.54, 1.807) is 25.3 Å². The molecular weight excluding hydrogens is 148 g/mol. The predicted molar refractivity (Wildman–Crippen MR) is 46.0 cm³/mol. The van der Waals surface area contributed by atoms with Gasteiger partial charge >= 0.3 is 0 Å². The van der Waals surface area contributed by atoms with Crippen molar-refractivity contribution < 1.29 is 0 Å². The van der Waals surface area contributed by atoms with Gasteiger partial charge in [0.15, 0.2) is 0 Å². The van der Waals surface area contributed by atoms with Gasteiger partial charge in [-0.15, -0.1) is 0 Å². The minimum absolute atomic E-state index is 0.513. The summed E-state index contributed by atoms with van der Waals surface area (Å²) in [5.41, 5.74) is 6.09. The van der Waals surface area contributed by atoms with E-state index in [1.165, 1.54) is 0 Å². The van der Waals surface area contributed by atoms with Crippen molar-refractivity contribution in [3.63, 3.8) is 0 Å². The first kappa shape index (κ1) is 9.24. The fourth-order valence-electron chi connectivity index (χ4n) is 0.341. The van der Waals surface area contributed by atoms with E-state index < -0.39 is 0 Å². The second-order valence-electron chi connectivity index (χ2n) is 1.88. The molecule has 0 rings (SSSR count). The number of hydrogen-bond donors (Lipinski definition) is 1. The van der Waals surface area contributed by atoms with Gasteiger partial charge in [-0.1, -0.05) is 11.6 Å². The summed E-state index contributed by atoms with van der Waals surface area (Å²) in [5.74, 6) is 0. The van der Waals surface area contributed by atoms with E-state index in [4.69, 9.17) is 17.3 Å². The molecule has 3 heteroatoms. The first-order valence-electron chi connectivity index (χ1n) is 2.91. The first-order chi connectivity index (χ1) is 4.63. The maximum atomic E-state index is 5.44. The van der Waals surface area contributed by atoms with Crippen molar-refractivity contribution in [1.82, 2.24) is 0 Å². The lowest BCUT2D eigenvalue weighted by molar-refractivity contribution is 1.31. The lowest BCUT2D eigenvalue weighted by Crippen LogP contribution is -1.87. The highest BCUT2D eigenvalue weighted by molar-refractivity contribution is 6.64. The summed E-state index contributed by atoms with van der Waals surface area (Å²) >= 11 is 5.44. The topological polar surface area (TPSA) is 38.4 Å². The predicted octanol–water partition coefficient (Wildman–Crippen LogP) is 2.02. The van der Waals surface area contributed by atoms with E-state index in [9.17, 15) is 0 Å². The number of hydrogen-bond acceptors (Lipinski definition) is 2. The molecule has 0 atom stereocenters. The Morgan fingerprint density at radius 1 is 1.50 bits per heavy atom. The van der Waals surface area contributed by atoms with Gasteiger partial charge in [-0.05, 0) is 26.0 Å². The zero-order chi connectivity index (χ0) is 7.98. The molecular formula is C7H11ClN2. The summed E-state index contributed by atoms with van der Waals surface area (Å²) in [4.78, 5) is 3.80. The Bertz CT molecular complexity index is 152. The highest BCUT2D eigenvalue weighted by Gasteiger charge is 1.73. The Morgan fingerprint density at radius 2 is 2.10 bits per heavy atom. The average molecular weight is 159 g/mol. The van der Waals surface area contributed by atoms with Crippen LogP contribution in [0.5, 0.6) is 0 Å². The number of nitrogens with zero attached hydrogens (tertiary/aromatic N) is 1. The average Bonchev–Trinajstić information content (AvgIpc) is 1.79. The third-order valence-electron chi connectivity index (χ3n) is 0.698. The molecule has 2 N–H and O–H groups in total. The quantitative estimate of drug-likeness (QED) is 0.485. The Labute approximate surface area is 66.1 Å². The first-order valence-corrected chi connectivity index (χ1v) is 3.29. The molecule has 10 heavy (non-hydrogen) atoms. The Hall–Kier alpha value is -0.760. The molecule has 0 bridgehead atoms. The number of rotatable bonds is 2. The van der Waals surface area contributed by atoms with Gasteiger partial charge in [-0.2, -0.15) is 0 Å². The van der Waals surface area contributed by atoms with Crippen LogP contribution in [0.4, 0.5) is 0 Å². The van der Waals surface area contributed by atoms with Crippen molar-refractivity contribution in [1.29, 1.82) is 0 Å². The van der Waals surface area contributed by atoms with Crippen molar-refractivity contribution in [3.05, 3.63) is 24.0 Å². The zero-order valence-corrected chi connectivity index (χ0v) is 6.89. The van der Waals surface area contributed by atoms with E-state index in [2.05, 4.69) is 4.99 Å². The van der Waals surface area contributed by atoms with Gasteiger partial charge in [0.25, 0.3) is 0 Å². The maximum Gasteiger partial charge on any atom is 0.103 e. The van der Waals surface area contributed by atoms with E-state index in [0.29, 0.717) is 5.17 Å². The molecule has 0 aromatic heterocycles. The Kier molecular flexibility index (Phi) is 4.67. The fraction of sp³-hybridized carbons (Fsp3) is 0.286. The highest BCUT2D eigenvalue weighted by Crippen LogP contribution is 1.86. The van der Waals surface area contributed by atoms with Gasteiger partial charge in [-0.3, -0.25) is 0 Å². The SMILES string of the molecule is CC(Cl)=N/C=C\C=C(/C)N. The lowest BCUT2D eigenvalue weighted by atomic mass is 10.4. The maximum absolute atomic E-state index is 5.44. The van der Waals surface area contributed by atoms with Gasteiger partial charge in [-0.25, -0.2) is 4.99 Å². The summed E-state index contributed by atoms with van der Waals surface area (Å²) in [7, 11) is 0. The Balaban J connectivity index is 3.80. The molecule has 0 spiro atoms. The van der Waals surface area contributed by atoms with Gasteiger partial charge in [0, 0.05) is 11.9 Å². The van der Waals surface area contributed by atoms with E-state index >= 15 is 0 Å². The molecule has 0 aromatic rings.